The van der Waals surface area contributed by atoms with Gasteiger partial charge in [0.25, 0.3) is 0 Å². The van der Waals surface area contributed by atoms with Crippen LogP contribution in [-0.4, -0.2) is 63.6 Å². The Morgan fingerprint density at radius 3 is 2.66 bits per heavy atom. The second-order valence-corrected chi connectivity index (χ2v) is 8.54. The van der Waals surface area contributed by atoms with Gasteiger partial charge in [-0.3, -0.25) is 9.80 Å². The number of nitrogens with zero attached hydrogens (tertiary/aromatic N) is 4. The lowest BCUT2D eigenvalue weighted by molar-refractivity contribution is 0.0494. The molecule has 1 atom stereocenters. The molecule has 0 amide bonds. The number of rotatable bonds is 9. The zero-order chi connectivity index (χ0) is 22.3. The summed E-state index contributed by atoms with van der Waals surface area (Å²) >= 11 is 0. The highest BCUT2D eigenvalue weighted by Crippen LogP contribution is 2.24. The summed E-state index contributed by atoms with van der Waals surface area (Å²) in [5.41, 5.74) is 4.75. The van der Waals surface area contributed by atoms with Gasteiger partial charge in [-0.1, -0.05) is 35.9 Å². The van der Waals surface area contributed by atoms with Crippen LogP contribution < -0.4 is 4.74 Å². The Kier molecular flexibility index (Phi) is 7.58. The minimum atomic E-state index is 0.202. The minimum Gasteiger partial charge on any atom is -0.494 e. The van der Waals surface area contributed by atoms with Crippen LogP contribution in [0.4, 0.5) is 0 Å². The average molecular weight is 435 g/mol. The topological polar surface area (TPSA) is 53.8 Å². The maximum atomic E-state index is 9.68. The highest BCUT2D eigenvalue weighted by atomic mass is 16.5. The number of hydrogen-bond acceptors (Lipinski definition) is 5. The number of piperazine rings is 1. The molecule has 0 radical (unpaired) electrons. The van der Waals surface area contributed by atoms with Crippen LogP contribution in [0.2, 0.25) is 0 Å². The Morgan fingerprint density at radius 2 is 1.88 bits per heavy atom. The molecule has 170 valence electrons. The molecule has 1 aromatic heterocycles. The van der Waals surface area contributed by atoms with E-state index >= 15 is 0 Å². The number of ether oxygens (including phenoxy) is 1. The lowest BCUT2D eigenvalue weighted by Gasteiger charge is -2.41. The van der Waals surface area contributed by atoms with E-state index in [1.54, 1.807) is 0 Å². The zero-order valence-corrected chi connectivity index (χ0v) is 19.2. The van der Waals surface area contributed by atoms with Gasteiger partial charge in [0.05, 0.1) is 18.5 Å². The van der Waals surface area contributed by atoms with E-state index in [-0.39, 0.29) is 6.61 Å². The second-order valence-electron chi connectivity index (χ2n) is 8.54. The van der Waals surface area contributed by atoms with Crippen LogP contribution in [-0.2, 0) is 13.1 Å². The molecular weight excluding hydrogens is 400 g/mol. The first-order chi connectivity index (χ1) is 15.7. The van der Waals surface area contributed by atoms with Gasteiger partial charge in [-0.05, 0) is 38.5 Å². The first-order valence-electron chi connectivity index (χ1n) is 11.5. The number of benzene rings is 2. The van der Waals surface area contributed by atoms with Crippen LogP contribution >= 0.6 is 0 Å². The van der Waals surface area contributed by atoms with E-state index in [2.05, 4.69) is 64.4 Å². The Morgan fingerprint density at radius 1 is 1.06 bits per heavy atom. The minimum absolute atomic E-state index is 0.202. The Bertz CT molecular complexity index is 986. The summed E-state index contributed by atoms with van der Waals surface area (Å²) in [5.74, 6) is 0.962. The van der Waals surface area contributed by atoms with Gasteiger partial charge in [-0.25, -0.2) is 4.68 Å². The lowest BCUT2D eigenvalue weighted by atomic mass is 10.1. The van der Waals surface area contributed by atoms with Crippen LogP contribution in [0.3, 0.4) is 0 Å². The summed E-state index contributed by atoms with van der Waals surface area (Å²) in [5, 5.41) is 14.2. The number of para-hydroxylation sites is 1. The van der Waals surface area contributed by atoms with E-state index in [0.29, 0.717) is 12.6 Å². The van der Waals surface area contributed by atoms with Crippen molar-refractivity contribution in [3.8, 4) is 11.4 Å². The van der Waals surface area contributed by atoms with Crippen LogP contribution in [0, 0.1) is 6.92 Å². The predicted molar refractivity (Wildman–Crippen MR) is 127 cm³/mol. The van der Waals surface area contributed by atoms with Crippen molar-refractivity contribution in [2.45, 2.75) is 39.4 Å². The van der Waals surface area contributed by atoms with Gasteiger partial charge in [0, 0.05) is 62.7 Å². The summed E-state index contributed by atoms with van der Waals surface area (Å²) in [7, 11) is 0. The quantitative estimate of drug-likeness (QED) is 0.557. The van der Waals surface area contributed by atoms with E-state index in [1.807, 2.05) is 29.9 Å². The summed E-state index contributed by atoms with van der Waals surface area (Å²) < 4.78 is 7.77. The van der Waals surface area contributed by atoms with Crippen molar-refractivity contribution in [1.82, 2.24) is 19.6 Å². The summed E-state index contributed by atoms with van der Waals surface area (Å²) in [6.07, 6.45) is 4.86. The zero-order valence-electron chi connectivity index (χ0n) is 19.2. The smallest absolute Gasteiger partial charge is 0.123 e. The van der Waals surface area contributed by atoms with E-state index < -0.39 is 0 Å². The fraction of sp³-hybridized carbons (Fsp3) is 0.423. The molecule has 0 aliphatic carbocycles. The Balaban J connectivity index is 1.39. The number of aliphatic hydroxyl groups is 1. The molecule has 3 aromatic rings. The molecule has 4 rings (SSSR count). The van der Waals surface area contributed by atoms with E-state index in [0.717, 1.165) is 50.6 Å². The summed E-state index contributed by atoms with van der Waals surface area (Å²) in [6, 6.07) is 17.0. The van der Waals surface area contributed by atoms with Crippen molar-refractivity contribution in [2.24, 2.45) is 0 Å². The molecule has 1 N–H and O–H groups in total. The molecule has 2 aromatic carbocycles. The Hall–Kier alpha value is -2.67. The normalized spacial score (nSPS) is 17.5. The molecular formula is C26H34N4O2. The standard InChI is InChI=1S/C26H34N4O2/c1-3-32-26-7-5-4-6-23(26)19-29-14-13-28(20-25(29)12-15-31)17-22-16-27-30(18-22)24-10-8-21(2)9-11-24/h4-11,16,18,25,31H,3,12-15,17,19-20H2,1-2H3/t25-/m0/s1. The largest absolute Gasteiger partial charge is 0.494 e. The van der Waals surface area contributed by atoms with Gasteiger partial charge in [0.1, 0.15) is 5.75 Å². The molecule has 0 saturated carbocycles. The Labute approximate surface area is 191 Å². The van der Waals surface area contributed by atoms with Crippen molar-refractivity contribution in [3.63, 3.8) is 0 Å². The molecule has 6 nitrogen and oxygen atoms in total. The van der Waals surface area contributed by atoms with Crippen molar-refractivity contribution >= 4 is 0 Å². The average Bonchev–Trinajstić information content (AvgIpc) is 3.26. The summed E-state index contributed by atoms with van der Waals surface area (Å²) in [4.78, 5) is 4.96. The first-order valence-corrected chi connectivity index (χ1v) is 11.5. The molecule has 6 heteroatoms. The maximum Gasteiger partial charge on any atom is 0.123 e. The molecule has 0 unspecified atom stereocenters. The van der Waals surface area contributed by atoms with Crippen molar-refractivity contribution < 1.29 is 9.84 Å². The van der Waals surface area contributed by atoms with Crippen LogP contribution in [0.1, 0.15) is 30.0 Å². The third kappa shape index (κ3) is 5.57. The fourth-order valence-corrected chi connectivity index (χ4v) is 4.42. The number of hydrogen-bond donors (Lipinski definition) is 1. The third-order valence-corrected chi connectivity index (χ3v) is 6.14. The molecule has 1 aliphatic heterocycles. The number of aromatic nitrogens is 2. The van der Waals surface area contributed by atoms with Crippen molar-refractivity contribution in [2.75, 3.05) is 32.8 Å². The molecule has 0 spiro atoms. The van der Waals surface area contributed by atoms with Crippen molar-refractivity contribution in [1.29, 1.82) is 0 Å². The lowest BCUT2D eigenvalue weighted by Crippen LogP contribution is -2.52. The van der Waals surface area contributed by atoms with Gasteiger partial charge < -0.3 is 9.84 Å². The maximum absolute atomic E-state index is 9.68. The van der Waals surface area contributed by atoms with Crippen LogP contribution in [0.15, 0.2) is 60.9 Å². The van der Waals surface area contributed by atoms with Crippen molar-refractivity contribution in [3.05, 3.63) is 77.6 Å². The van der Waals surface area contributed by atoms with Gasteiger partial charge >= 0.3 is 0 Å². The second kappa shape index (κ2) is 10.8. The summed E-state index contributed by atoms with van der Waals surface area (Å²) in [6.45, 7) is 9.60. The van der Waals surface area contributed by atoms with E-state index in [4.69, 9.17) is 4.74 Å². The molecule has 2 heterocycles. The van der Waals surface area contributed by atoms with Gasteiger partial charge in [0.15, 0.2) is 0 Å². The SMILES string of the molecule is CCOc1ccccc1CN1CCN(Cc2cnn(-c3ccc(C)cc3)c2)C[C@@H]1CCO. The molecule has 0 bridgehead atoms. The number of aliphatic hydroxyl groups excluding tert-OH is 1. The van der Waals surface area contributed by atoms with Crippen LogP contribution in [0.5, 0.6) is 5.75 Å². The van der Waals surface area contributed by atoms with E-state index in [9.17, 15) is 5.11 Å². The molecule has 32 heavy (non-hydrogen) atoms. The molecule has 1 fully saturated rings. The first kappa shape index (κ1) is 22.5. The highest BCUT2D eigenvalue weighted by molar-refractivity contribution is 5.34. The van der Waals surface area contributed by atoms with E-state index in [1.165, 1.54) is 16.7 Å². The molecule has 1 aliphatic rings. The predicted octanol–water partition coefficient (Wildman–Crippen LogP) is 3.65. The van der Waals surface area contributed by atoms with Gasteiger partial charge in [0.2, 0.25) is 0 Å². The third-order valence-electron chi connectivity index (χ3n) is 6.14. The molecule has 1 saturated heterocycles. The fourth-order valence-electron chi connectivity index (χ4n) is 4.42. The van der Waals surface area contributed by atoms with Gasteiger partial charge in [-0.2, -0.15) is 5.10 Å². The number of aryl methyl sites for hydroxylation is 1. The van der Waals surface area contributed by atoms with Crippen LogP contribution in [0.25, 0.3) is 5.69 Å². The monoisotopic (exact) mass is 434 g/mol. The van der Waals surface area contributed by atoms with Gasteiger partial charge in [-0.15, -0.1) is 0 Å². The highest BCUT2D eigenvalue weighted by Gasteiger charge is 2.27.